The Labute approximate surface area is 84.8 Å². The Bertz CT molecular complexity index is 396. The van der Waals surface area contributed by atoms with Crippen molar-refractivity contribution in [3.05, 3.63) is 29.8 Å². The van der Waals surface area contributed by atoms with Gasteiger partial charge in [-0.2, -0.15) is 8.42 Å². The average Bonchev–Trinajstić information content (AvgIpc) is 2.18. The summed E-state index contributed by atoms with van der Waals surface area (Å²) in [4.78, 5) is 0.235. The molecule has 0 aromatic heterocycles. The molecular formula is C10H14O3S. The molecule has 0 aliphatic carbocycles. The quantitative estimate of drug-likeness (QED) is 0.720. The molecule has 0 N–H and O–H groups in total. The van der Waals surface area contributed by atoms with Crippen LogP contribution in [0.5, 0.6) is 0 Å². The van der Waals surface area contributed by atoms with Crippen LogP contribution in [0.3, 0.4) is 0 Å². The molecular weight excluding hydrogens is 200 g/mol. The zero-order valence-electron chi connectivity index (χ0n) is 8.36. The predicted octanol–water partition coefficient (Wildman–Crippen LogP) is 1.97. The summed E-state index contributed by atoms with van der Waals surface area (Å²) in [7, 11) is -3.54. The van der Waals surface area contributed by atoms with Gasteiger partial charge in [0.2, 0.25) is 0 Å². The molecule has 0 aliphatic heterocycles. The lowest BCUT2D eigenvalue weighted by molar-refractivity contribution is 0.338. The van der Waals surface area contributed by atoms with Crippen LogP contribution in [0.25, 0.3) is 0 Å². The van der Waals surface area contributed by atoms with Gasteiger partial charge >= 0.3 is 0 Å². The second-order valence-electron chi connectivity index (χ2n) is 2.86. The summed E-state index contributed by atoms with van der Waals surface area (Å²) >= 11 is 0. The highest BCUT2D eigenvalue weighted by Crippen LogP contribution is 2.14. The third-order valence-electron chi connectivity index (χ3n) is 1.87. The molecule has 78 valence electrons. The van der Waals surface area contributed by atoms with Gasteiger partial charge in [0, 0.05) is 0 Å². The molecule has 3 nitrogen and oxygen atoms in total. The number of hydrogen-bond donors (Lipinski definition) is 0. The van der Waals surface area contributed by atoms with E-state index in [1.807, 2.05) is 13.0 Å². The first kappa shape index (κ1) is 11.2. The Balaban J connectivity index is 3.07. The Morgan fingerprint density at radius 3 is 2.57 bits per heavy atom. The van der Waals surface area contributed by atoms with E-state index in [0.717, 1.165) is 12.0 Å². The van der Waals surface area contributed by atoms with Gasteiger partial charge in [0.25, 0.3) is 10.1 Å². The molecule has 0 radical (unpaired) electrons. The molecule has 0 spiro atoms. The van der Waals surface area contributed by atoms with Gasteiger partial charge in [-0.15, -0.1) is 0 Å². The lowest BCUT2D eigenvalue weighted by Gasteiger charge is -2.04. The van der Waals surface area contributed by atoms with Gasteiger partial charge in [-0.25, -0.2) is 0 Å². The highest BCUT2D eigenvalue weighted by Gasteiger charge is 2.13. The molecule has 0 bridgehead atoms. The van der Waals surface area contributed by atoms with E-state index in [0.29, 0.717) is 0 Å². The molecule has 1 aromatic carbocycles. The molecule has 0 heterocycles. The summed E-state index contributed by atoms with van der Waals surface area (Å²) in [5.74, 6) is 0. The van der Waals surface area contributed by atoms with Crippen LogP contribution in [0.15, 0.2) is 29.2 Å². The molecule has 0 saturated carbocycles. The third kappa shape index (κ3) is 2.56. The summed E-state index contributed by atoms with van der Waals surface area (Å²) in [5, 5.41) is 0. The minimum absolute atomic E-state index is 0.165. The Kier molecular flexibility index (Phi) is 3.66. The van der Waals surface area contributed by atoms with Crippen LogP contribution in [-0.4, -0.2) is 15.0 Å². The lowest BCUT2D eigenvalue weighted by Crippen LogP contribution is -2.06. The standard InChI is InChI=1S/C10H14O3S/c1-3-9-6-5-7-10(8-9)14(11,12)13-4-2/h5-8H,3-4H2,1-2H3. The van der Waals surface area contributed by atoms with Crippen molar-refractivity contribution in [1.29, 1.82) is 0 Å². The average molecular weight is 214 g/mol. The Morgan fingerprint density at radius 1 is 1.29 bits per heavy atom. The maximum atomic E-state index is 11.5. The Morgan fingerprint density at radius 2 is 2.00 bits per heavy atom. The van der Waals surface area contributed by atoms with Crippen LogP contribution in [0.2, 0.25) is 0 Å². The lowest BCUT2D eigenvalue weighted by atomic mass is 10.2. The van der Waals surface area contributed by atoms with Crippen LogP contribution >= 0.6 is 0 Å². The van der Waals surface area contributed by atoms with E-state index in [1.165, 1.54) is 0 Å². The van der Waals surface area contributed by atoms with Crippen LogP contribution in [0, 0.1) is 0 Å². The molecule has 1 rings (SSSR count). The number of benzene rings is 1. The zero-order valence-corrected chi connectivity index (χ0v) is 9.17. The van der Waals surface area contributed by atoms with E-state index in [9.17, 15) is 8.42 Å². The second-order valence-corrected chi connectivity index (χ2v) is 4.48. The summed E-state index contributed by atoms with van der Waals surface area (Å²) in [6.07, 6.45) is 0.815. The molecule has 0 unspecified atom stereocenters. The second kappa shape index (κ2) is 4.57. The highest BCUT2D eigenvalue weighted by molar-refractivity contribution is 7.86. The maximum absolute atomic E-state index is 11.5. The van der Waals surface area contributed by atoms with Crippen molar-refractivity contribution in [3.8, 4) is 0 Å². The van der Waals surface area contributed by atoms with Gasteiger partial charge in [0.1, 0.15) is 0 Å². The minimum Gasteiger partial charge on any atom is -0.267 e. The topological polar surface area (TPSA) is 43.4 Å². The molecule has 0 atom stereocenters. The van der Waals surface area contributed by atoms with Crippen molar-refractivity contribution in [2.45, 2.75) is 25.2 Å². The fourth-order valence-electron chi connectivity index (χ4n) is 1.14. The van der Waals surface area contributed by atoms with E-state index >= 15 is 0 Å². The molecule has 0 amide bonds. The number of aryl methyl sites for hydroxylation is 1. The monoisotopic (exact) mass is 214 g/mol. The summed E-state index contributed by atoms with van der Waals surface area (Å²) in [5.41, 5.74) is 0.991. The van der Waals surface area contributed by atoms with Gasteiger partial charge in [-0.05, 0) is 31.0 Å². The minimum atomic E-state index is -3.54. The van der Waals surface area contributed by atoms with Crippen LogP contribution in [0.4, 0.5) is 0 Å². The summed E-state index contributed by atoms with van der Waals surface area (Å²) < 4.78 is 27.6. The van der Waals surface area contributed by atoms with Crippen LogP contribution in [0.1, 0.15) is 19.4 Å². The van der Waals surface area contributed by atoms with Gasteiger partial charge < -0.3 is 0 Å². The van der Waals surface area contributed by atoms with E-state index < -0.39 is 10.1 Å². The van der Waals surface area contributed by atoms with Gasteiger partial charge in [0.05, 0.1) is 11.5 Å². The highest BCUT2D eigenvalue weighted by atomic mass is 32.2. The van der Waals surface area contributed by atoms with Gasteiger partial charge in [0.15, 0.2) is 0 Å². The van der Waals surface area contributed by atoms with Gasteiger partial charge in [-0.3, -0.25) is 4.18 Å². The zero-order chi connectivity index (χ0) is 10.6. The van der Waals surface area contributed by atoms with Crippen molar-refractivity contribution >= 4 is 10.1 Å². The fraction of sp³-hybridized carbons (Fsp3) is 0.400. The van der Waals surface area contributed by atoms with Gasteiger partial charge in [-0.1, -0.05) is 19.1 Å². The largest absolute Gasteiger partial charge is 0.296 e. The van der Waals surface area contributed by atoms with E-state index in [2.05, 4.69) is 4.18 Å². The summed E-state index contributed by atoms with van der Waals surface area (Å²) in [6, 6.07) is 6.81. The van der Waals surface area contributed by atoms with Crippen molar-refractivity contribution in [1.82, 2.24) is 0 Å². The molecule has 4 heteroatoms. The van der Waals surface area contributed by atoms with Crippen molar-refractivity contribution in [2.75, 3.05) is 6.61 Å². The SMILES string of the molecule is CCOS(=O)(=O)c1cccc(CC)c1. The third-order valence-corrected chi connectivity index (χ3v) is 3.25. The van der Waals surface area contributed by atoms with Crippen LogP contribution in [-0.2, 0) is 20.7 Å². The first-order chi connectivity index (χ1) is 6.60. The van der Waals surface area contributed by atoms with E-state index in [1.54, 1.807) is 25.1 Å². The van der Waals surface area contributed by atoms with Crippen molar-refractivity contribution in [2.24, 2.45) is 0 Å². The number of rotatable bonds is 4. The molecule has 0 aliphatic rings. The smallest absolute Gasteiger partial charge is 0.267 e. The number of hydrogen-bond acceptors (Lipinski definition) is 3. The predicted molar refractivity (Wildman–Crippen MR) is 54.6 cm³/mol. The molecule has 0 saturated heterocycles. The Hall–Kier alpha value is -0.870. The van der Waals surface area contributed by atoms with Crippen LogP contribution < -0.4 is 0 Å². The first-order valence-electron chi connectivity index (χ1n) is 4.58. The maximum Gasteiger partial charge on any atom is 0.296 e. The molecule has 0 fully saturated rings. The molecule has 1 aromatic rings. The van der Waals surface area contributed by atoms with E-state index in [-0.39, 0.29) is 11.5 Å². The van der Waals surface area contributed by atoms with E-state index in [4.69, 9.17) is 0 Å². The summed E-state index contributed by atoms with van der Waals surface area (Å²) in [6.45, 7) is 3.80. The fourth-order valence-corrected chi connectivity index (χ4v) is 2.13. The first-order valence-corrected chi connectivity index (χ1v) is 5.99. The molecule has 14 heavy (non-hydrogen) atoms. The van der Waals surface area contributed by atoms with Crippen molar-refractivity contribution in [3.63, 3.8) is 0 Å². The normalized spacial score (nSPS) is 11.6. The van der Waals surface area contributed by atoms with Crippen molar-refractivity contribution < 1.29 is 12.6 Å².